The van der Waals surface area contributed by atoms with Crippen LogP contribution in [-0.2, 0) is 14.9 Å². The van der Waals surface area contributed by atoms with Crippen LogP contribution in [0.5, 0.6) is 0 Å². The van der Waals surface area contributed by atoms with Gasteiger partial charge < -0.3 is 14.5 Å². The lowest BCUT2D eigenvalue weighted by atomic mass is 9.73. The highest BCUT2D eigenvalue weighted by Crippen LogP contribution is 2.36. The summed E-state index contributed by atoms with van der Waals surface area (Å²) in [5.74, 6) is 0.904. The van der Waals surface area contributed by atoms with E-state index in [-0.39, 0.29) is 11.9 Å². The maximum absolute atomic E-state index is 13.3. The van der Waals surface area contributed by atoms with E-state index in [2.05, 4.69) is 26.1 Å². The van der Waals surface area contributed by atoms with Crippen LogP contribution < -0.4 is 5.32 Å². The number of halogens is 1. The van der Waals surface area contributed by atoms with Crippen LogP contribution in [0.3, 0.4) is 0 Å². The zero-order chi connectivity index (χ0) is 18.6. The van der Waals surface area contributed by atoms with E-state index < -0.39 is 5.41 Å². The minimum Gasteiger partial charge on any atom is -0.468 e. The number of benzene rings is 1. The zero-order valence-electron chi connectivity index (χ0n) is 15.2. The Kier molecular flexibility index (Phi) is 6.16. The molecule has 1 atom stereocenters. The lowest BCUT2D eigenvalue weighted by Crippen LogP contribution is -2.49. The van der Waals surface area contributed by atoms with Crippen molar-refractivity contribution in [1.29, 1.82) is 0 Å². The summed E-state index contributed by atoms with van der Waals surface area (Å²) >= 11 is 3.47. The van der Waals surface area contributed by atoms with Crippen molar-refractivity contribution >= 4 is 21.8 Å². The first kappa shape index (κ1) is 19.1. The average Bonchev–Trinajstić information content (AvgIpc) is 3.17. The molecule has 1 amide bonds. The predicted molar refractivity (Wildman–Crippen MR) is 104 cm³/mol. The van der Waals surface area contributed by atoms with Crippen molar-refractivity contribution < 1.29 is 13.9 Å². The molecule has 0 radical (unpaired) electrons. The Labute approximate surface area is 162 Å². The monoisotopic (exact) mass is 420 g/mol. The quantitative estimate of drug-likeness (QED) is 0.776. The molecule has 1 aromatic heterocycles. The van der Waals surface area contributed by atoms with Crippen molar-refractivity contribution in [3.05, 3.63) is 58.5 Å². The molecule has 1 saturated heterocycles. The number of rotatable bonds is 6. The van der Waals surface area contributed by atoms with E-state index in [1.54, 1.807) is 6.26 Å². The summed E-state index contributed by atoms with van der Waals surface area (Å²) in [5.41, 5.74) is 0.500. The third kappa shape index (κ3) is 4.03. The molecule has 6 heteroatoms. The van der Waals surface area contributed by atoms with Gasteiger partial charge in [0.25, 0.3) is 0 Å². The molecule has 0 bridgehead atoms. The van der Waals surface area contributed by atoms with Crippen molar-refractivity contribution in [2.24, 2.45) is 0 Å². The van der Waals surface area contributed by atoms with Crippen molar-refractivity contribution in [2.75, 3.05) is 33.9 Å². The van der Waals surface area contributed by atoms with Crippen LogP contribution >= 0.6 is 15.9 Å². The van der Waals surface area contributed by atoms with E-state index in [1.165, 1.54) is 0 Å². The third-order valence-electron chi connectivity index (χ3n) is 5.13. The van der Waals surface area contributed by atoms with Gasteiger partial charge in [0.15, 0.2) is 0 Å². The van der Waals surface area contributed by atoms with Crippen molar-refractivity contribution in [3.8, 4) is 0 Å². The van der Waals surface area contributed by atoms with Gasteiger partial charge in [-0.2, -0.15) is 0 Å². The topological polar surface area (TPSA) is 54.7 Å². The van der Waals surface area contributed by atoms with Gasteiger partial charge in [-0.25, -0.2) is 0 Å². The first-order valence-corrected chi connectivity index (χ1v) is 9.64. The summed E-state index contributed by atoms with van der Waals surface area (Å²) < 4.78 is 12.1. The Balaban J connectivity index is 1.78. The highest BCUT2D eigenvalue weighted by Gasteiger charge is 2.41. The zero-order valence-corrected chi connectivity index (χ0v) is 16.8. The van der Waals surface area contributed by atoms with Crippen LogP contribution in [-0.4, -0.2) is 44.7 Å². The molecular formula is C20H25BrN2O3. The van der Waals surface area contributed by atoms with Gasteiger partial charge in [0, 0.05) is 24.2 Å². The number of ether oxygens (including phenoxy) is 1. The van der Waals surface area contributed by atoms with E-state index in [4.69, 9.17) is 9.15 Å². The van der Waals surface area contributed by atoms with Gasteiger partial charge in [0.2, 0.25) is 5.91 Å². The van der Waals surface area contributed by atoms with Crippen LogP contribution in [0.25, 0.3) is 0 Å². The second-order valence-corrected chi connectivity index (χ2v) is 7.82. The van der Waals surface area contributed by atoms with E-state index in [9.17, 15) is 4.79 Å². The number of nitrogens with one attached hydrogen (secondary N) is 1. The summed E-state index contributed by atoms with van der Waals surface area (Å²) in [6, 6.07) is 11.9. The molecule has 1 aliphatic rings. The molecule has 140 valence electrons. The van der Waals surface area contributed by atoms with E-state index in [1.807, 2.05) is 50.5 Å². The summed E-state index contributed by atoms with van der Waals surface area (Å²) in [7, 11) is 3.97. The first-order chi connectivity index (χ1) is 12.5. The predicted octanol–water partition coefficient (Wildman–Crippen LogP) is 3.51. The lowest BCUT2D eigenvalue weighted by Gasteiger charge is -2.37. The summed E-state index contributed by atoms with van der Waals surface area (Å²) in [6.07, 6.45) is 3.04. The smallest absolute Gasteiger partial charge is 0.230 e. The van der Waals surface area contributed by atoms with Gasteiger partial charge >= 0.3 is 0 Å². The molecular weight excluding hydrogens is 396 g/mol. The molecule has 0 aliphatic carbocycles. The minimum absolute atomic E-state index is 0.00393. The van der Waals surface area contributed by atoms with Crippen molar-refractivity contribution in [1.82, 2.24) is 10.2 Å². The molecule has 3 rings (SSSR count). The Bertz CT molecular complexity index is 707. The fourth-order valence-electron chi connectivity index (χ4n) is 3.51. The van der Waals surface area contributed by atoms with Gasteiger partial charge in [-0.1, -0.05) is 28.1 Å². The Hall–Kier alpha value is -1.63. The number of likely N-dealkylation sites (N-methyl/N-ethyl adjacent to an activating group) is 1. The van der Waals surface area contributed by atoms with Crippen LogP contribution in [0.1, 0.15) is 30.2 Å². The molecule has 2 heterocycles. The lowest BCUT2D eigenvalue weighted by molar-refractivity contribution is -0.130. The summed E-state index contributed by atoms with van der Waals surface area (Å²) in [5, 5.41) is 3.17. The Morgan fingerprint density at radius 1 is 1.23 bits per heavy atom. The number of carbonyl (C=O) groups excluding carboxylic acids is 1. The molecule has 1 aromatic carbocycles. The first-order valence-electron chi connectivity index (χ1n) is 8.85. The van der Waals surface area contributed by atoms with Crippen LogP contribution in [0.2, 0.25) is 0 Å². The molecule has 1 N–H and O–H groups in total. The maximum Gasteiger partial charge on any atom is 0.230 e. The Morgan fingerprint density at radius 3 is 2.50 bits per heavy atom. The fraction of sp³-hybridized carbons (Fsp3) is 0.450. The molecule has 1 fully saturated rings. The van der Waals surface area contributed by atoms with Crippen LogP contribution in [0.15, 0.2) is 51.6 Å². The van der Waals surface area contributed by atoms with Crippen molar-refractivity contribution in [3.63, 3.8) is 0 Å². The van der Waals surface area contributed by atoms with Gasteiger partial charge in [-0.3, -0.25) is 9.69 Å². The van der Waals surface area contributed by atoms with Gasteiger partial charge in [-0.15, -0.1) is 0 Å². The highest BCUT2D eigenvalue weighted by molar-refractivity contribution is 9.10. The summed E-state index contributed by atoms with van der Waals surface area (Å²) in [6.45, 7) is 1.69. The highest BCUT2D eigenvalue weighted by atomic mass is 79.9. The van der Waals surface area contributed by atoms with E-state index >= 15 is 0 Å². The molecule has 0 spiro atoms. The SMILES string of the molecule is CN(C)C(CNC(=O)C1(c2ccc(Br)cc2)CCOCC1)c1ccco1. The normalized spacial score (nSPS) is 17.8. The second kappa shape index (κ2) is 8.37. The number of hydrogen-bond donors (Lipinski definition) is 1. The largest absolute Gasteiger partial charge is 0.468 e. The van der Waals surface area contributed by atoms with Crippen LogP contribution in [0, 0.1) is 0 Å². The Morgan fingerprint density at radius 2 is 1.92 bits per heavy atom. The minimum atomic E-state index is -0.543. The van der Waals surface area contributed by atoms with Gasteiger partial charge in [-0.05, 0) is 56.8 Å². The number of furan rings is 1. The molecule has 26 heavy (non-hydrogen) atoms. The fourth-order valence-corrected chi connectivity index (χ4v) is 3.78. The van der Waals surface area contributed by atoms with Gasteiger partial charge in [0.05, 0.1) is 17.7 Å². The number of hydrogen-bond acceptors (Lipinski definition) is 4. The second-order valence-electron chi connectivity index (χ2n) is 6.91. The van der Waals surface area contributed by atoms with Crippen LogP contribution in [0.4, 0.5) is 0 Å². The molecule has 2 aromatic rings. The van der Waals surface area contributed by atoms with E-state index in [0.717, 1.165) is 15.8 Å². The van der Waals surface area contributed by atoms with Gasteiger partial charge in [0.1, 0.15) is 5.76 Å². The molecule has 0 saturated carbocycles. The summed E-state index contributed by atoms with van der Waals surface area (Å²) in [4.78, 5) is 15.3. The number of amides is 1. The maximum atomic E-state index is 13.3. The number of carbonyl (C=O) groups is 1. The third-order valence-corrected chi connectivity index (χ3v) is 5.66. The average molecular weight is 421 g/mol. The molecule has 1 aliphatic heterocycles. The standard InChI is InChI=1S/C20H25BrN2O3/c1-23(2)17(18-4-3-11-26-18)14-22-19(24)20(9-12-25-13-10-20)15-5-7-16(21)8-6-15/h3-8,11,17H,9-10,12-14H2,1-2H3,(H,22,24). The van der Waals surface area contributed by atoms with E-state index in [0.29, 0.717) is 32.6 Å². The molecule has 5 nitrogen and oxygen atoms in total. The van der Waals surface area contributed by atoms with Crippen molar-refractivity contribution in [2.45, 2.75) is 24.3 Å². The number of nitrogens with zero attached hydrogens (tertiary/aromatic N) is 1. The molecule has 1 unspecified atom stereocenters.